The monoisotopic (exact) mass is 250 g/mol. The Morgan fingerprint density at radius 2 is 2.00 bits per heavy atom. The predicted molar refractivity (Wildman–Crippen MR) is 68.9 cm³/mol. The van der Waals surface area contributed by atoms with E-state index in [9.17, 15) is 0 Å². The van der Waals surface area contributed by atoms with Crippen molar-refractivity contribution in [3.8, 4) is 5.75 Å². The lowest BCUT2D eigenvalue weighted by Gasteiger charge is -2.12. The standard InChI is InChI=1S/C14H15ClO2/c1-9-6-12(16-3)4-5-13(9)14(15)11-7-10(2)17-8-11/h4-8,14H,1-3H3. The average Bonchev–Trinajstić information content (AvgIpc) is 2.75. The molecule has 0 aliphatic carbocycles. The van der Waals surface area contributed by atoms with E-state index in [0.29, 0.717) is 0 Å². The highest BCUT2D eigenvalue weighted by molar-refractivity contribution is 6.22. The van der Waals surface area contributed by atoms with Gasteiger partial charge in [-0.05, 0) is 43.2 Å². The number of alkyl halides is 1. The minimum atomic E-state index is -0.182. The van der Waals surface area contributed by atoms with Gasteiger partial charge >= 0.3 is 0 Å². The van der Waals surface area contributed by atoms with Gasteiger partial charge in [-0.1, -0.05) is 6.07 Å². The second-order valence-electron chi connectivity index (χ2n) is 4.08. The minimum absolute atomic E-state index is 0.182. The van der Waals surface area contributed by atoms with E-state index in [1.807, 2.05) is 38.1 Å². The molecular formula is C14H15ClO2. The first kappa shape index (κ1) is 12.1. The number of aryl methyl sites for hydroxylation is 2. The van der Waals surface area contributed by atoms with Crippen LogP contribution < -0.4 is 4.74 Å². The summed E-state index contributed by atoms with van der Waals surface area (Å²) in [6.07, 6.45) is 1.71. The van der Waals surface area contributed by atoms with Gasteiger partial charge in [-0.2, -0.15) is 0 Å². The van der Waals surface area contributed by atoms with E-state index in [0.717, 1.165) is 28.2 Å². The SMILES string of the molecule is COc1ccc(C(Cl)c2coc(C)c2)c(C)c1. The summed E-state index contributed by atoms with van der Waals surface area (Å²) in [5.41, 5.74) is 3.17. The van der Waals surface area contributed by atoms with Crippen molar-refractivity contribution in [3.63, 3.8) is 0 Å². The molecule has 0 N–H and O–H groups in total. The van der Waals surface area contributed by atoms with Crippen LogP contribution in [0, 0.1) is 13.8 Å². The lowest BCUT2D eigenvalue weighted by Crippen LogP contribution is -1.95. The molecule has 1 atom stereocenters. The molecule has 0 radical (unpaired) electrons. The zero-order valence-electron chi connectivity index (χ0n) is 10.2. The number of methoxy groups -OCH3 is 1. The predicted octanol–water partition coefficient (Wildman–Crippen LogP) is 4.23. The van der Waals surface area contributed by atoms with Gasteiger partial charge in [-0.3, -0.25) is 0 Å². The zero-order valence-corrected chi connectivity index (χ0v) is 10.9. The Kier molecular flexibility index (Phi) is 3.43. The van der Waals surface area contributed by atoms with E-state index < -0.39 is 0 Å². The highest BCUT2D eigenvalue weighted by atomic mass is 35.5. The van der Waals surface area contributed by atoms with Gasteiger partial charge in [-0.15, -0.1) is 11.6 Å². The average molecular weight is 251 g/mol. The summed E-state index contributed by atoms with van der Waals surface area (Å²) in [5.74, 6) is 1.72. The molecule has 17 heavy (non-hydrogen) atoms. The number of benzene rings is 1. The van der Waals surface area contributed by atoms with Crippen molar-refractivity contribution < 1.29 is 9.15 Å². The molecule has 90 valence electrons. The Labute approximate surface area is 106 Å². The molecule has 2 nitrogen and oxygen atoms in total. The first-order chi connectivity index (χ1) is 8.11. The Morgan fingerprint density at radius 3 is 2.53 bits per heavy atom. The quantitative estimate of drug-likeness (QED) is 0.761. The van der Waals surface area contributed by atoms with Gasteiger partial charge < -0.3 is 9.15 Å². The third-order valence-electron chi connectivity index (χ3n) is 2.79. The normalized spacial score (nSPS) is 12.5. The number of ether oxygens (including phenoxy) is 1. The van der Waals surface area contributed by atoms with Crippen LogP contribution >= 0.6 is 11.6 Å². The molecule has 0 fully saturated rings. The molecule has 0 bridgehead atoms. The number of rotatable bonds is 3. The largest absolute Gasteiger partial charge is 0.497 e. The lowest BCUT2D eigenvalue weighted by atomic mass is 10.0. The highest BCUT2D eigenvalue weighted by Gasteiger charge is 2.15. The van der Waals surface area contributed by atoms with Crippen LogP contribution in [-0.4, -0.2) is 7.11 Å². The molecule has 2 rings (SSSR count). The molecule has 0 aliphatic rings. The second-order valence-corrected chi connectivity index (χ2v) is 4.51. The van der Waals surface area contributed by atoms with Crippen molar-refractivity contribution in [1.29, 1.82) is 0 Å². The first-order valence-corrected chi connectivity index (χ1v) is 5.89. The third-order valence-corrected chi connectivity index (χ3v) is 3.28. The summed E-state index contributed by atoms with van der Waals surface area (Å²) in [4.78, 5) is 0. The van der Waals surface area contributed by atoms with Crippen molar-refractivity contribution in [2.75, 3.05) is 7.11 Å². The molecule has 0 aliphatic heterocycles. The lowest BCUT2D eigenvalue weighted by molar-refractivity contribution is 0.414. The van der Waals surface area contributed by atoms with Crippen LogP contribution in [-0.2, 0) is 0 Å². The summed E-state index contributed by atoms with van der Waals surface area (Å²) >= 11 is 6.44. The fourth-order valence-electron chi connectivity index (χ4n) is 1.84. The summed E-state index contributed by atoms with van der Waals surface area (Å²) < 4.78 is 10.5. The maximum absolute atomic E-state index is 6.44. The fourth-order valence-corrected chi connectivity index (χ4v) is 2.19. The summed E-state index contributed by atoms with van der Waals surface area (Å²) in [6, 6.07) is 7.86. The van der Waals surface area contributed by atoms with E-state index in [1.165, 1.54) is 0 Å². The summed E-state index contributed by atoms with van der Waals surface area (Å²) in [7, 11) is 1.66. The van der Waals surface area contributed by atoms with E-state index in [4.69, 9.17) is 20.8 Å². The van der Waals surface area contributed by atoms with Crippen LogP contribution in [0.5, 0.6) is 5.75 Å². The van der Waals surface area contributed by atoms with E-state index in [-0.39, 0.29) is 5.38 Å². The van der Waals surface area contributed by atoms with E-state index in [2.05, 4.69) is 0 Å². The number of hydrogen-bond donors (Lipinski definition) is 0. The fraction of sp³-hybridized carbons (Fsp3) is 0.286. The van der Waals surface area contributed by atoms with E-state index in [1.54, 1.807) is 13.4 Å². The van der Waals surface area contributed by atoms with Crippen LogP contribution in [0.1, 0.15) is 27.8 Å². The van der Waals surface area contributed by atoms with Gasteiger partial charge in [-0.25, -0.2) is 0 Å². The van der Waals surface area contributed by atoms with Crippen LogP contribution in [0.3, 0.4) is 0 Å². The van der Waals surface area contributed by atoms with Gasteiger partial charge in [0.1, 0.15) is 11.5 Å². The van der Waals surface area contributed by atoms with Crippen molar-refractivity contribution in [1.82, 2.24) is 0 Å². The molecule has 2 aromatic rings. The van der Waals surface area contributed by atoms with Crippen LogP contribution in [0.25, 0.3) is 0 Å². The summed E-state index contributed by atoms with van der Waals surface area (Å²) in [5, 5.41) is -0.182. The summed E-state index contributed by atoms with van der Waals surface area (Å²) in [6.45, 7) is 3.94. The molecular weight excluding hydrogens is 236 g/mol. The van der Waals surface area contributed by atoms with Gasteiger partial charge in [0, 0.05) is 5.56 Å². The maximum atomic E-state index is 6.44. The Hall–Kier alpha value is -1.41. The van der Waals surface area contributed by atoms with Crippen LogP contribution in [0.4, 0.5) is 0 Å². The molecule has 1 heterocycles. The molecule has 0 amide bonds. The number of halogens is 1. The third kappa shape index (κ3) is 2.47. The van der Waals surface area contributed by atoms with Crippen molar-refractivity contribution in [2.24, 2.45) is 0 Å². The van der Waals surface area contributed by atoms with Crippen molar-refractivity contribution >= 4 is 11.6 Å². The second kappa shape index (κ2) is 4.84. The Bertz CT molecular complexity index is 517. The van der Waals surface area contributed by atoms with Crippen molar-refractivity contribution in [3.05, 3.63) is 53.0 Å². The molecule has 0 spiro atoms. The van der Waals surface area contributed by atoms with Gasteiger partial charge in [0.15, 0.2) is 0 Å². The van der Waals surface area contributed by atoms with Gasteiger partial charge in [0.05, 0.1) is 18.8 Å². The molecule has 1 unspecified atom stereocenters. The molecule has 0 saturated heterocycles. The Morgan fingerprint density at radius 1 is 1.24 bits per heavy atom. The molecule has 1 aromatic carbocycles. The minimum Gasteiger partial charge on any atom is -0.497 e. The van der Waals surface area contributed by atoms with E-state index >= 15 is 0 Å². The molecule has 0 saturated carbocycles. The van der Waals surface area contributed by atoms with Crippen LogP contribution in [0.15, 0.2) is 34.9 Å². The first-order valence-electron chi connectivity index (χ1n) is 5.45. The maximum Gasteiger partial charge on any atom is 0.119 e. The number of furan rings is 1. The molecule has 1 aromatic heterocycles. The topological polar surface area (TPSA) is 22.4 Å². The van der Waals surface area contributed by atoms with Gasteiger partial charge in [0.2, 0.25) is 0 Å². The van der Waals surface area contributed by atoms with Gasteiger partial charge in [0.25, 0.3) is 0 Å². The zero-order chi connectivity index (χ0) is 12.4. The Balaban J connectivity index is 2.34. The van der Waals surface area contributed by atoms with Crippen molar-refractivity contribution in [2.45, 2.75) is 19.2 Å². The number of hydrogen-bond acceptors (Lipinski definition) is 2. The highest BCUT2D eigenvalue weighted by Crippen LogP contribution is 2.33. The smallest absolute Gasteiger partial charge is 0.119 e. The van der Waals surface area contributed by atoms with Crippen LogP contribution in [0.2, 0.25) is 0 Å². The molecule has 3 heteroatoms.